The van der Waals surface area contributed by atoms with Crippen molar-refractivity contribution in [3.63, 3.8) is 0 Å². The van der Waals surface area contributed by atoms with Crippen LogP contribution in [-0.4, -0.2) is 79.8 Å². The average molecular weight is 887 g/mol. The Labute approximate surface area is 260 Å². The summed E-state index contributed by atoms with van der Waals surface area (Å²) in [7, 11) is 0.975. The molecular formula is C16H28Ac2BN4O7S. The zero-order valence-corrected chi connectivity index (χ0v) is 28.2. The van der Waals surface area contributed by atoms with Gasteiger partial charge in [0.15, 0.2) is 12.2 Å². The summed E-state index contributed by atoms with van der Waals surface area (Å²) in [5.74, 6) is -0.548. The van der Waals surface area contributed by atoms with Gasteiger partial charge in [0.25, 0.3) is 0 Å². The van der Waals surface area contributed by atoms with E-state index in [2.05, 4.69) is 10.0 Å². The van der Waals surface area contributed by atoms with Crippen LogP contribution in [0.25, 0.3) is 10.4 Å². The molecule has 0 bridgehead atoms. The van der Waals surface area contributed by atoms with Crippen molar-refractivity contribution in [3.8, 4) is 0 Å². The van der Waals surface area contributed by atoms with Gasteiger partial charge in [-0.25, -0.2) is 0 Å². The van der Waals surface area contributed by atoms with Gasteiger partial charge in [0, 0.05) is 106 Å². The Morgan fingerprint density at radius 3 is 2.48 bits per heavy atom. The van der Waals surface area contributed by atoms with Gasteiger partial charge in [-0.2, -0.15) is 0 Å². The Bertz CT molecular complexity index is 645. The van der Waals surface area contributed by atoms with Crippen LogP contribution in [0.3, 0.4) is 0 Å². The van der Waals surface area contributed by atoms with Crippen molar-refractivity contribution in [3.05, 3.63) is 10.4 Å². The van der Waals surface area contributed by atoms with Gasteiger partial charge >= 0.3 is 0 Å². The first-order valence-corrected chi connectivity index (χ1v) is 10.2. The van der Waals surface area contributed by atoms with Crippen molar-refractivity contribution >= 4 is 24.9 Å². The number of aliphatic hydroxyl groups is 2. The SMILES string of the molecule is [3H][B]SO[C@H]1C(CC)O[C@@H](O[C@H]2C(C)O[C@@H](OC(C)=N)C(O)[C@@H]2C)C(N=[N+]=[N-])[C@H]1O.[Ac].[Ac]. The zero-order chi connectivity index (χ0) is 22.4. The number of aliphatic hydroxyl groups excluding tert-OH is 2. The molecule has 2 rings (SSSR count). The summed E-state index contributed by atoms with van der Waals surface area (Å²) in [6.07, 6.45) is -6.52. The third kappa shape index (κ3) is 8.47. The number of nitrogens with zero attached hydrogens (tertiary/aromatic N) is 3. The van der Waals surface area contributed by atoms with Crippen LogP contribution in [0.2, 0.25) is 0 Å². The van der Waals surface area contributed by atoms with E-state index in [0.717, 1.165) is 19.0 Å². The van der Waals surface area contributed by atoms with E-state index in [1.807, 2.05) is 6.92 Å². The van der Waals surface area contributed by atoms with Crippen LogP contribution in [0.5, 0.6) is 0 Å². The van der Waals surface area contributed by atoms with E-state index in [0.29, 0.717) is 6.42 Å². The van der Waals surface area contributed by atoms with E-state index < -0.39 is 61.2 Å². The number of hydrogen-bond acceptors (Lipinski definition) is 10. The summed E-state index contributed by atoms with van der Waals surface area (Å²) in [6, 6.07) is -1.11. The van der Waals surface area contributed by atoms with Gasteiger partial charge < -0.3 is 33.3 Å². The summed E-state index contributed by atoms with van der Waals surface area (Å²) < 4.78 is 35.4. The summed E-state index contributed by atoms with van der Waals surface area (Å²) >= 11 is 0.742. The molecule has 4 unspecified atom stereocenters. The van der Waals surface area contributed by atoms with Crippen LogP contribution in [0, 0.1) is 99.5 Å². The van der Waals surface area contributed by atoms with Gasteiger partial charge in [-0.15, -0.1) is 0 Å². The van der Waals surface area contributed by atoms with Gasteiger partial charge in [0.1, 0.15) is 18.2 Å². The van der Waals surface area contributed by atoms with Gasteiger partial charge in [-0.3, -0.25) is 5.41 Å². The second-order valence-corrected chi connectivity index (χ2v) is 7.51. The monoisotopic (exact) mass is 887 g/mol. The Morgan fingerprint density at radius 1 is 1.26 bits per heavy atom. The first kappa shape index (κ1) is 30.9. The zero-order valence-electron chi connectivity index (χ0n) is 18.9. The molecule has 0 aromatic heterocycles. The normalized spacial score (nSPS) is 40.3. The predicted molar refractivity (Wildman–Crippen MR) is 106 cm³/mol. The molecule has 3 N–H and O–H groups in total. The molecule has 15 heteroatoms. The molecule has 0 spiro atoms. The number of ether oxygens (including phenoxy) is 4. The first-order chi connectivity index (χ1) is 14.2. The number of hydrogen-bond donors (Lipinski definition) is 3. The minimum atomic E-state index is -1.23. The van der Waals surface area contributed by atoms with E-state index in [4.69, 9.17) is 35.4 Å². The molecule has 11 nitrogen and oxygen atoms in total. The Balaban J connectivity index is 0.00000480. The van der Waals surface area contributed by atoms with Crippen LogP contribution in [0.15, 0.2) is 5.11 Å². The van der Waals surface area contributed by atoms with Crippen molar-refractivity contribution in [2.45, 2.75) is 89.4 Å². The van der Waals surface area contributed by atoms with Crippen LogP contribution in [0.1, 0.15) is 34.1 Å². The predicted octanol–water partition coefficient (Wildman–Crippen LogP) is 1.15. The van der Waals surface area contributed by atoms with E-state index in [1.54, 1.807) is 13.8 Å². The standard InChI is InChI=1S/C16H28BN4O7S.2Ac/c1-5-9-14(28-29-17)12(23)10(20-21-19)15(26-9)27-13-6(2)11(22)16(24-7(13)3)25-8(4)18;;/h6-7,9-18,22-23H,5H2,1-4H3;;/t6-,7?,9?,10?,11?,12+,13+,14-,15-,16-;;/m0../s1/i17T;;. The molecule has 31 heavy (non-hydrogen) atoms. The molecule has 2 aliphatic rings. The van der Waals surface area contributed by atoms with Gasteiger partial charge in [-0.05, 0) is 20.2 Å². The minimum Gasteiger partial charge on any atom is -0.450 e. The second-order valence-electron chi connectivity index (χ2n) is 7.13. The Hall–Kier alpha value is 1.84. The van der Waals surface area contributed by atoms with E-state index >= 15 is 0 Å². The molecule has 2 saturated heterocycles. The molecule has 0 aromatic rings. The molecule has 10 atom stereocenters. The van der Waals surface area contributed by atoms with E-state index in [9.17, 15) is 10.2 Å². The largest absolute Gasteiger partial charge is 0.450 e. The Kier molecular flexibility index (Phi) is 15.7. The first-order valence-electron chi connectivity index (χ1n) is 9.93. The maximum absolute atomic E-state index is 10.8. The van der Waals surface area contributed by atoms with Crippen LogP contribution >= 0.6 is 11.9 Å². The molecule has 0 amide bonds. The van der Waals surface area contributed by atoms with E-state index in [1.165, 1.54) is 6.92 Å². The third-order valence-electron chi connectivity index (χ3n) is 5.13. The quantitative estimate of drug-likeness (QED) is 0.0624. The summed E-state index contributed by atoms with van der Waals surface area (Å²) in [4.78, 5) is 2.79. The molecule has 0 aromatic carbocycles. The topological polar surface area (TPSA) is 159 Å². The summed E-state index contributed by atoms with van der Waals surface area (Å²) in [5, 5.41) is 32.4. The molecule has 0 saturated carbocycles. The molecule has 0 aliphatic carbocycles. The van der Waals surface area contributed by atoms with Crippen molar-refractivity contribution in [2.24, 2.45) is 11.0 Å². The molecule has 169 valence electrons. The summed E-state index contributed by atoms with van der Waals surface area (Å²) in [6.45, 7) is 6.76. The molecular weight excluding hydrogens is 857 g/mol. The molecule has 2 aliphatic heterocycles. The van der Waals surface area contributed by atoms with Crippen molar-refractivity contribution < 1.29 is 121 Å². The summed E-state index contributed by atoms with van der Waals surface area (Å²) in [5.41, 5.74) is 8.96. The average Bonchev–Trinajstić information content (AvgIpc) is 2.70. The fourth-order valence-corrected chi connectivity index (χ4v) is 3.98. The molecule has 2 heterocycles. The van der Waals surface area contributed by atoms with Crippen molar-refractivity contribution in [1.29, 1.82) is 6.74 Å². The van der Waals surface area contributed by atoms with Crippen LogP contribution in [-0.2, 0) is 23.1 Å². The maximum Gasteiger partial charge on any atom is 0.228 e. The second kappa shape index (κ2) is 15.8. The van der Waals surface area contributed by atoms with Crippen LogP contribution < -0.4 is 0 Å². The van der Waals surface area contributed by atoms with Gasteiger partial charge in [0.05, 0.1) is 24.4 Å². The van der Waals surface area contributed by atoms with Gasteiger partial charge in [0.2, 0.25) is 13.4 Å². The number of rotatable bonds is 8. The van der Waals surface area contributed by atoms with Crippen molar-refractivity contribution in [1.82, 2.24) is 0 Å². The van der Waals surface area contributed by atoms with Gasteiger partial charge in [-0.1, -0.05) is 30.9 Å². The minimum absolute atomic E-state index is 0. The van der Waals surface area contributed by atoms with E-state index in [-0.39, 0.29) is 94.0 Å². The maximum atomic E-state index is 10.8. The van der Waals surface area contributed by atoms with Crippen molar-refractivity contribution in [2.75, 3.05) is 0 Å². The number of nitrogens with one attached hydrogen (secondary N) is 1. The van der Waals surface area contributed by atoms with Crippen LogP contribution in [0.4, 0.5) is 0 Å². The Morgan fingerprint density at radius 2 is 1.94 bits per heavy atom. The fourth-order valence-electron chi connectivity index (χ4n) is 3.61. The number of azide groups is 1. The smallest absolute Gasteiger partial charge is 0.228 e. The fraction of sp³-hybridized carbons (Fsp3) is 0.938. The molecule has 3 radical (unpaired) electrons. The molecule has 2 fully saturated rings. The third-order valence-corrected chi connectivity index (χ3v) is 5.46.